The van der Waals surface area contributed by atoms with Crippen LogP contribution in [0.2, 0.25) is 0 Å². The number of ether oxygens (including phenoxy) is 3. The monoisotopic (exact) mass is 258 g/mol. The second-order valence-corrected chi connectivity index (χ2v) is 5.06. The molecule has 104 valence electrons. The normalized spacial score (nSPS) is 25.4. The van der Waals surface area contributed by atoms with Crippen LogP contribution in [0.5, 0.6) is 0 Å². The molecule has 1 heterocycles. The van der Waals surface area contributed by atoms with Gasteiger partial charge in [0.25, 0.3) is 0 Å². The van der Waals surface area contributed by atoms with Gasteiger partial charge >= 0.3 is 5.97 Å². The summed E-state index contributed by atoms with van der Waals surface area (Å²) in [5.41, 5.74) is 0. The second-order valence-electron chi connectivity index (χ2n) is 5.06. The Morgan fingerprint density at radius 1 is 1.39 bits per heavy atom. The lowest BCUT2D eigenvalue weighted by Gasteiger charge is -2.36. The highest BCUT2D eigenvalue weighted by Gasteiger charge is 2.41. The Balaban J connectivity index is 1.80. The standard InChI is InChI=1S/C13H22O5/c1-2-3-11(12(14)15)18-10-4-6-13(7-5-10)16-8-9-17-13/h10-11H,2-9H2,1H3,(H,14,15). The lowest BCUT2D eigenvalue weighted by molar-refractivity contribution is -0.198. The van der Waals surface area contributed by atoms with E-state index in [9.17, 15) is 4.79 Å². The Morgan fingerprint density at radius 3 is 2.50 bits per heavy atom. The van der Waals surface area contributed by atoms with Crippen molar-refractivity contribution in [2.45, 2.75) is 63.4 Å². The lowest BCUT2D eigenvalue weighted by atomic mass is 9.91. The van der Waals surface area contributed by atoms with Crippen LogP contribution in [0.1, 0.15) is 45.4 Å². The lowest BCUT2D eigenvalue weighted by Crippen LogP contribution is -2.39. The highest BCUT2D eigenvalue weighted by molar-refractivity contribution is 5.72. The zero-order valence-corrected chi connectivity index (χ0v) is 10.9. The van der Waals surface area contributed by atoms with Gasteiger partial charge in [-0.25, -0.2) is 4.79 Å². The van der Waals surface area contributed by atoms with Gasteiger partial charge in [0.1, 0.15) is 0 Å². The minimum absolute atomic E-state index is 0.0241. The molecule has 1 saturated heterocycles. The second kappa shape index (κ2) is 5.99. The van der Waals surface area contributed by atoms with E-state index in [0.717, 1.165) is 32.1 Å². The summed E-state index contributed by atoms with van der Waals surface area (Å²) in [5.74, 6) is -1.26. The zero-order valence-electron chi connectivity index (χ0n) is 10.9. The Morgan fingerprint density at radius 2 is 2.00 bits per heavy atom. The first-order valence-corrected chi connectivity index (χ1v) is 6.81. The predicted octanol–water partition coefficient (Wildman–Crippen LogP) is 1.94. The molecule has 1 N–H and O–H groups in total. The molecule has 18 heavy (non-hydrogen) atoms. The Bertz CT molecular complexity index is 275. The minimum Gasteiger partial charge on any atom is -0.479 e. The summed E-state index contributed by atoms with van der Waals surface area (Å²) < 4.78 is 17.0. The topological polar surface area (TPSA) is 65.0 Å². The van der Waals surface area contributed by atoms with Crippen LogP contribution in [0.3, 0.4) is 0 Å². The smallest absolute Gasteiger partial charge is 0.332 e. The molecular formula is C13H22O5. The third-order valence-corrected chi connectivity index (χ3v) is 3.69. The summed E-state index contributed by atoms with van der Waals surface area (Å²) in [5, 5.41) is 9.07. The van der Waals surface area contributed by atoms with E-state index in [2.05, 4.69) is 0 Å². The molecule has 1 unspecified atom stereocenters. The molecule has 1 aliphatic carbocycles. The van der Waals surface area contributed by atoms with Gasteiger partial charge in [-0.2, -0.15) is 0 Å². The average Bonchev–Trinajstić information content (AvgIpc) is 2.80. The van der Waals surface area contributed by atoms with Crippen molar-refractivity contribution in [3.8, 4) is 0 Å². The largest absolute Gasteiger partial charge is 0.479 e. The maximum Gasteiger partial charge on any atom is 0.332 e. The van der Waals surface area contributed by atoms with Crippen molar-refractivity contribution in [3.05, 3.63) is 0 Å². The Labute approximate surface area is 107 Å². The van der Waals surface area contributed by atoms with Gasteiger partial charge in [0.2, 0.25) is 0 Å². The van der Waals surface area contributed by atoms with E-state index in [4.69, 9.17) is 19.3 Å². The van der Waals surface area contributed by atoms with Crippen LogP contribution in [-0.4, -0.2) is 42.3 Å². The molecule has 0 radical (unpaired) electrons. The van der Waals surface area contributed by atoms with Crippen LogP contribution in [0, 0.1) is 0 Å². The molecule has 5 heteroatoms. The molecule has 0 bridgehead atoms. The van der Waals surface area contributed by atoms with E-state index in [1.165, 1.54) is 0 Å². The predicted molar refractivity (Wildman–Crippen MR) is 64.3 cm³/mol. The van der Waals surface area contributed by atoms with Crippen LogP contribution < -0.4 is 0 Å². The fourth-order valence-electron chi connectivity index (χ4n) is 2.70. The van der Waals surface area contributed by atoms with E-state index < -0.39 is 17.9 Å². The van der Waals surface area contributed by atoms with Crippen molar-refractivity contribution in [2.24, 2.45) is 0 Å². The molecule has 1 saturated carbocycles. The highest BCUT2D eigenvalue weighted by atomic mass is 16.7. The van der Waals surface area contributed by atoms with Crippen LogP contribution in [0.15, 0.2) is 0 Å². The third-order valence-electron chi connectivity index (χ3n) is 3.69. The molecule has 0 aromatic rings. The van der Waals surface area contributed by atoms with Gasteiger partial charge in [-0.05, 0) is 19.3 Å². The van der Waals surface area contributed by atoms with E-state index in [1.54, 1.807) is 0 Å². The van der Waals surface area contributed by atoms with Crippen LogP contribution in [0.25, 0.3) is 0 Å². The third kappa shape index (κ3) is 3.22. The van der Waals surface area contributed by atoms with Crippen LogP contribution in [0.4, 0.5) is 0 Å². The van der Waals surface area contributed by atoms with Crippen LogP contribution >= 0.6 is 0 Å². The Hall–Kier alpha value is -0.650. The van der Waals surface area contributed by atoms with Crippen molar-refractivity contribution in [3.63, 3.8) is 0 Å². The van der Waals surface area contributed by atoms with Crippen molar-refractivity contribution in [2.75, 3.05) is 13.2 Å². The van der Waals surface area contributed by atoms with Crippen molar-refractivity contribution in [1.29, 1.82) is 0 Å². The van der Waals surface area contributed by atoms with Crippen molar-refractivity contribution in [1.82, 2.24) is 0 Å². The van der Waals surface area contributed by atoms with Gasteiger partial charge in [0.05, 0.1) is 19.3 Å². The molecule has 0 amide bonds. The summed E-state index contributed by atoms with van der Waals surface area (Å²) in [6.07, 6.45) is 3.98. The molecule has 2 aliphatic rings. The summed E-state index contributed by atoms with van der Waals surface area (Å²) in [4.78, 5) is 11.0. The highest BCUT2D eigenvalue weighted by Crippen LogP contribution is 2.37. The molecule has 0 aromatic carbocycles. The van der Waals surface area contributed by atoms with Crippen LogP contribution in [-0.2, 0) is 19.0 Å². The van der Waals surface area contributed by atoms with Gasteiger partial charge in [-0.15, -0.1) is 0 Å². The SMILES string of the molecule is CCCC(OC1CCC2(CC1)OCCO2)C(=O)O. The maximum absolute atomic E-state index is 11.0. The maximum atomic E-state index is 11.0. The fourth-order valence-corrected chi connectivity index (χ4v) is 2.70. The average molecular weight is 258 g/mol. The number of hydrogen-bond acceptors (Lipinski definition) is 4. The number of aliphatic carboxylic acids is 1. The number of carboxylic acid groups (broad SMARTS) is 1. The number of carboxylic acids is 1. The Kier molecular flexibility index (Phi) is 4.59. The summed E-state index contributed by atoms with van der Waals surface area (Å²) in [6, 6.07) is 0. The van der Waals surface area contributed by atoms with Gasteiger partial charge in [-0.1, -0.05) is 13.3 Å². The molecule has 0 aromatic heterocycles. The van der Waals surface area contributed by atoms with Crippen molar-refractivity contribution >= 4 is 5.97 Å². The minimum atomic E-state index is -0.856. The molecular weight excluding hydrogens is 236 g/mol. The van der Waals surface area contributed by atoms with E-state index >= 15 is 0 Å². The van der Waals surface area contributed by atoms with Gasteiger partial charge in [0, 0.05) is 12.8 Å². The van der Waals surface area contributed by atoms with Gasteiger partial charge in [0.15, 0.2) is 11.9 Å². The first kappa shape index (κ1) is 13.8. The van der Waals surface area contributed by atoms with E-state index in [1.807, 2.05) is 6.92 Å². The molecule has 1 atom stereocenters. The first-order chi connectivity index (χ1) is 8.65. The van der Waals surface area contributed by atoms with Crippen molar-refractivity contribution < 1.29 is 24.1 Å². The zero-order chi connectivity index (χ0) is 13.0. The first-order valence-electron chi connectivity index (χ1n) is 6.81. The number of rotatable bonds is 5. The van der Waals surface area contributed by atoms with E-state index in [-0.39, 0.29) is 6.10 Å². The van der Waals surface area contributed by atoms with Gasteiger partial charge < -0.3 is 19.3 Å². The van der Waals surface area contributed by atoms with Gasteiger partial charge in [-0.3, -0.25) is 0 Å². The summed E-state index contributed by atoms with van der Waals surface area (Å²) >= 11 is 0. The summed E-state index contributed by atoms with van der Waals surface area (Å²) in [6.45, 7) is 3.30. The molecule has 2 fully saturated rings. The van der Waals surface area contributed by atoms with E-state index in [0.29, 0.717) is 19.6 Å². The summed E-state index contributed by atoms with van der Waals surface area (Å²) in [7, 11) is 0. The quantitative estimate of drug-likeness (QED) is 0.816. The fraction of sp³-hybridized carbons (Fsp3) is 0.923. The number of carbonyl (C=O) groups is 1. The molecule has 1 spiro atoms. The molecule has 5 nitrogen and oxygen atoms in total. The molecule has 2 rings (SSSR count). The molecule has 1 aliphatic heterocycles. The number of hydrogen-bond donors (Lipinski definition) is 1.